The van der Waals surface area contributed by atoms with E-state index >= 15 is 0 Å². The minimum atomic E-state index is 0.782. The molecule has 0 bridgehead atoms. The number of anilines is 1. The highest BCUT2D eigenvalue weighted by atomic mass is 14.5. The predicted molar refractivity (Wildman–Crippen MR) is 65.8 cm³/mol. The number of nitrogen functional groups attached to an aromatic ring is 1. The van der Waals surface area contributed by atoms with Crippen LogP contribution < -0.4 is 5.73 Å². The first kappa shape index (κ1) is 10.5. The zero-order valence-electron chi connectivity index (χ0n) is 9.58. The molecule has 1 fully saturated rings. The second-order valence-electron chi connectivity index (χ2n) is 4.73. The molecule has 2 rings (SSSR count). The maximum absolute atomic E-state index is 5.72. The number of hydrogen-bond acceptors (Lipinski definition) is 1. The molecule has 2 atom stereocenters. The Hall–Kier alpha value is -0.980. The molecule has 82 valence electrons. The topological polar surface area (TPSA) is 26.0 Å². The molecule has 1 aromatic carbocycles. The van der Waals surface area contributed by atoms with Crippen LogP contribution in [0.3, 0.4) is 0 Å². The Morgan fingerprint density at radius 1 is 1.13 bits per heavy atom. The largest absolute Gasteiger partial charge is 0.399 e. The predicted octanol–water partition coefficient (Wildman–Crippen LogP) is 3.95. The van der Waals surface area contributed by atoms with Crippen molar-refractivity contribution in [3.63, 3.8) is 0 Å². The lowest BCUT2D eigenvalue weighted by molar-refractivity contribution is 0.299. The Morgan fingerprint density at radius 3 is 2.47 bits per heavy atom. The lowest BCUT2D eigenvalue weighted by Gasteiger charge is -2.31. The second kappa shape index (κ2) is 4.69. The average molecular weight is 203 g/mol. The molecule has 0 radical (unpaired) electrons. The van der Waals surface area contributed by atoms with Crippen molar-refractivity contribution in [2.75, 3.05) is 5.73 Å². The number of nitrogens with two attached hydrogens (primary N) is 1. The second-order valence-corrected chi connectivity index (χ2v) is 4.73. The van der Waals surface area contributed by atoms with Crippen LogP contribution in [-0.2, 0) is 0 Å². The molecule has 0 spiro atoms. The molecule has 0 aliphatic heterocycles. The van der Waals surface area contributed by atoms with Gasteiger partial charge in [0.25, 0.3) is 0 Å². The zero-order chi connectivity index (χ0) is 10.7. The molecule has 0 amide bonds. The van der Waals surface area contributed by atoms with Crippen molar-refractivity contribution in [3.8, 4) is 0 Å². The summed E-state index contributed by atoms with van der Waals surface area (Å²) < 4.78 is 0. The van der Waals surface area contributed by atoms with Gasteiger partial charge in [-0.25, -0.2) is 0 Å². The van der Waals surface area contributed by atoms with E-state index in [1.165, 1.54) is 37.7 Å². The lowest BCUT2D eigenvalue weighted by atomic mass is 9.74. The van der Waals surface area contributed by atoms with Crippen LogP contribution in [0, 0.1) is 5.92 Å². The Kier molecular flexibility index (Phi) is 3.30. The van der Waals surface area contributed by atoms with E-state index in [1.807, 2.05) is 12.1 Å². The van der Waals surface area contributed by atoms with E-state index in [1.54, 1.807) is 0 Å². The van der Waals surface area contributed by atoms with Gasteiger partial charge in [0, 0.05) is 5.69 Å². The quantitative estimate of drug-likeness (QED) is 0.723. The number of hydrogen-bond donors (Lipinski definition) is 1. The minimum absolute atomic E-state index is 0.782. The fourth-order valence-electron chi connectivity index (χ4n) is 2.88. The van der Waals surface area contributed by atoms with Crippen molar-refractivity contribution < 1.29 is 0 Å². The van der Waals surface area contributed by atoms with Crippen LogP contribution >= 0.6 is 0 Å². The van der Waals surface area contributed by atoms with Crippen LogP contribution in [0.5, 0.6) is 0 Å². The summed E-state index contributed by atoms with van der Waals surface area (Å²) in [7, 11) is 0. The van der Waals surface area contributed by atoms with Gasteiger partial charge in [0.05, 0.1) is 0 Å². The van der Waals surface area contributed by atoms with Gasteiger partial charge in [-0.3, -0.25) is 0 Å². The molecule has 1 saturated carbocycles. The van der Waals surface area contributed by atoms with E-state index < -0.39 is 0 Å². The summed E-state index contributed by atoms with van der Waals surface area (Å²) in [6.07, 6.45) is 6.90. The van der Waals surface area contributed by atoms with Gasteiger partial charge >= 0.3 is 0 Å². The first-order chi connectivity index (χ1) is 7.31. The first-order valence-corrected chi connectivity index (χ1v) is 6.16. The zero-order valence-corrected chi connectivity index (χ0v) is 9.58. The molecule has 1 aromatic rings. The van der Waals surface area contributed by atoms with Gasteiger partial charge in [-0.2, -0.15) is 0 Å². The molecule has 1 aliphatic carbocycles. The minimum Gasteiger partial charge on any atom is -0.399 e. The average Bonchev–Trinajstić information content (AvgIpc) is 2.30. The fourth-order valence-corrected chi connectivity index (χ4v) is 2.88. The number of benzene rings is 1. The highest BCUT2D eigenvalue weighted by molar-refractivity contribution is 5.40. The van der Waals surface area contributed by atoms with Gasteiger partial charge in [-0.15, -0.1) is 0 Å². The fraction of sp³-hybridized carbons (Fsp3) is 0.571. The molecule has 1 aliphatic rings. The third-order valence-electron chi connectivity index (χ3n) is 3.80. The SMILES string of the molecule is CCC1CCCCC1c1ccc(N)cc1. The highest BCUT2D eigenvalue weighted by Crippen LogP contribution is 2.39. The van der Waals surface area contributed by atoms with E-state index in [0.717, 1.165) is 17.5 Å². The normalized spacial score (nSPS) is 26.5. The summed E-state index contributed by atoms with van der Waals surface area (Å²) in [4.78, 5) is 0. The maximum atomic E-state index is 5.72. The van der Waals surface area contributed by atoms with Crippen LogP contribution in [0.15, 0.2) is 24.3 Å². The Bertz CT molecular complexity index is 302. The third-order valence-corrected chi connectivity index (χ3v) is 3.80. The van der Waals surface area contributed by atoms with Crippen LogP contribution in [0.4, 0.5) is 5.69 Å². The van der Waals surface area contributed by atoms with Gasteiger partial charge in [0.15, 0.2) is 0 Å². The molecule has 0 saturated heterocycles. The molecule has 1 nitrogen and oxygen atoms in total. The molecule has 1 heteroatoms. The van der Waals surface area contributed by atoms with Crippen molar-refractivity contribution in [1.29, 1.82) is 0 Å². The summed E-state index contributed by atoms with van der Waals surface area (Å²) in [6.45, 7) is 2.32. The van der Waals surface area contributed by atoms with E-state index in [-0.39, 0.29) is 0 Å². The molecule has 15 heavy (non-hydrogen) atoms. The highest BCUT2D eigenvalue weighted by Gasteiger charge is 2.24. The van der Waals surface area contributed by atoms with Gasteiger partial charge < -0.3 is 5.73 Å². The smallest absolute Gasteiger partial charge is 0.0314 e. The Balaban J connectivity index is 2.16. The summed E-state index contributed by atoms with van der Waals surface area (Å²) in [5.41, 5.74) is 8.10. The maximum Gasteiger partial charge on any atom is 0.0314 e. The van der Waals surface area contributed by atoms with Crippen molar-refractivity contribution in [2.24, 2.45) is 5.92 Å². The van der Waals surface area contributed by atoms with Crippen LogP contribution in [0.1, 0.15) is 50.5 Å². The Labute approximate surface area is 92.7 Å². The monoisotopic (exact) mass is 203 g/mol. The lowest BCUT2D eigenvalue weighted by Crippen LogP contribution is -2.16. The third kappa shape index (κ3) is 2.34. The van der Waals surface area contributed by atoms with E-state index in [0.29, 0.717) is 0 Å². The summed E-state index contributed by atoms with van der Waals surface area (Å²) >= 11 is 0. The molecular weight excluding hydrogens is 182 g/mol. The van der Waals surface area contributed by atoms with Crippen LogP contribution in [0.25, 0.3) is 0 Å². The molecule has 2 unspecified atom stereocenters. The van der Waals surface area contributed by atoms with Gasteiger partial charge in [0.1, 0.15) is 0 Å². The number of rotatable bonds is 2. The van der Waals surface area contributed by atoms with Gasteiger partial charge in [-0.1, -0.05) is 38.3 Å². The van der Waals surface area contributed by atoms with Crippen molar-refractivity contribution in [2.45, 2.75) is 44.9 Å². The standard InChI is InChI=1S/C14H21N/c1-2-11-5-3-4-6-14(11)12-7-9-13(15)10-8-12/h7-11,14H,2-6,15H2,1H3. The summed E-state index contributed by atoms with van der Waals surface area (Å²) in [5.74, 6) is 1.67. The molecule has 0 heterocycles. The van der Waals surface area contributed by atoms with Gasteiger partial charge in [0.2, 0.25) is 0 Å². The van der Waals surface area contributed by atoms with Crippen LogP contribution in [-0.4, -0.2) is 0 Å². The molecule has 2 N–H and O–H groups in total. The van der Waals surface area contributed by atoms with E-state index in [9.17, 15) is 0 Å². The molecule has 0 aromatic heterocycles. The first-order valence-electron chi connectivity index (χ1n) is 6.16. The van der Waals surface area contributed by atoms with E-state index in [4.69, 9.17) is 5.73 Å². The van der Waals surface area contributed by atoms with Crippen molar-refractivity contribution in [1.82, 2.24) is 0 Å². The van der Waals surface area contributed by atoms with Crippen molar-refractivity contribution >= 4 is 5.69 Å². The Morgan fingerprint density at radius 2 is 1.80 bits per heavy atom. The molecular formula is C14H21N. The van der Waals surface area contributed by atoms with Crippen molar-refractivity contribution in [3.05, 3.63) is 29.8 Å². The van der Waals surface area contributed by atoms with Gasteiger partial charge in [-0.05, 0) is 42.4 Å². The van der Waals surface area contributed by atoms with Crippen LogP contribution in [0.2, 0.25) is 0 Å². The van der Waals surface area contributed by atoms with E-state index in [2.05, 4.69) is 19.1 Å². The summed E-state index contributed by atoms with van der Waals surface area (Å²) in [5, 5.41) is 0. The summed E-state index contributed by atoms with van der Waals surface area (Å²) in [6, 6.07) is 8.51.